The van der Waals surface area contributed by atoms with Gasteiger partial charge >= 0.3 is 0 Å². The normalized spacial score (nSPS) is 17.8. The Balaban J connectivity index is 2.31. The Labute approximate surface area is 72.8 Å². The predicted octanol–water partition coefficient (Wildman–Crippen LogP) is 1.55. The zero-order valence-corrected chi connectivity index (χ0v) is 7.08. The summed E-state index contributed by atoms with van der Waals surface area (Å²) in [6, 6.07) is 8.06. The highest BCUT2D eigenvalue weighted by Gasteiger charge is 2.11. The average molecular weight is 161 g/mol. The molecule has 62 valence electrons. The molecule has 0 saturated heterocycles. The van der Waals surface area contributed by atoms with E-state index in [1.165, 1.54) is 5.56 Å². The van der Waals surface area contributed by atoms with Crippen molar-refractivity contribution in [2.24, 2.45) is 0 Å². The third-order valence-electron chi connectivity index (χ3n) is 1.93. The van der Waals surface area contributed by atoms with Crippen molar-refractivity contribution in [3.05, 3.63) is 36.4 Å². The molecule has 0 saturated carbocycles. The molecule has 2 nitrogen and oxygen atoms in total. The highest BCUT2D eigenvalue weighted by molar-refractivity contribution is 5.34. The van der Waals surface area contributed by atoms with Crippen molar-refractivity contribution in [3.63, 3.8) is 0 Å². The molecule has 0 spiro atoms. The number of nitrogens with zero attached hydrogens (tertiary/aromatic N) is 1. The number of ether oxygens (including phenoxy) is 1. The van der Waals surface area contributed by atoms with Crippen LogP contribution in [0.4, 0.5) is 0 Å². The SMILES string of the molecule is CN1C[C]Oc2ccccc2C1. The smallest absolute Gasteiger partial charge is 0.211 e. The molecular formula is C10H11NO. The quantitative estimate of drug-likeness (QED) is 0.572. The van der Waals surface area contributed by atoms with Crippen molar-refractivity contribution in [2.75, 3.05) is 13.6 Å². The summed E-state index contributed by atoms with van der Waals surface area (Å²) < 4.78 is 5.33. The monoisotopic (exact) mass is 161 g/mol. The van der Waals surface area contributed by atoms with Gasteiger partial charge in [-0.1, -0.05) is 18.2 Å². The van der Waals surface area contributed by atoms with Crippen LogP contribution in [-0.2, 0) is 6.54 Å². The minimum atomic E-state index is 0.759. The van der Waals surface area contributed by atoms with Crippen LogP contribution < -0.4 is 4.74 Å². The molecule has 0 unspecified atom stereocenters. The maximum atomic E-state index is 5.33. The molecule has 0 aromatic heterocycles. The molecule has 1 aromatic rings. The van der Waals surface area contributed by atoms with Crippen LogP contribution in [0.3, 0.4) is 0 Å². The molecule has 0 bridgehead atoms. The second kappa shape index (κ2) is 3.15. The fourth-order valence-electron chi connectivity index (χ4n) is 1.30. The minimum Gasteiger partial charge on any atom is -0.477 e. The topological polar surface area (TPSA) is 12.5 Å². The van der Waals surface area contributed by atoms with Gasteiger partial charge in [-0.05, 0) is 13.1 Å². The molecule has 2 radical (unpaired) electrons. The van der Waals surface area contributed by atoms with Gasteiger partial charge in [0.05, 0.1) is 0 Å². The van der Waals surface area contributed by atoms with Crippen LogP contribution in [-0.4, -0.2) is 18.5 Å². The van der Waals surface area contributed by atoms with Crippen molar-refractivity contribution >= 4 is 0 Å². The zero-order valence-electron chi connectivity index (χ0n) is 7.08. The number of benzene rings is 1. The van der Waals surface area contributed by atoms with E-state index in [2.05, 4.69) is 24.6 Å². The Morgan fingerprint density at radius 2 is 2.25 bits per heavy atom. The van der Waals surface area contributed by atoms with Crippen LogP contribution >= 0.6 is 0 Å². The number of likely N-dealkylation sites (N-methyl/N-ethyl adjacent to an activating group) is 1. The second-order valence-electron chi connectivity index (χ2n) is 3.03. The molecule has 1 aliphatic heterocycles. The van der Waals surface area contributed by atoms with Gasteiger partial charge in [-0.15, -0.1) is 0 Å². The molecule has 0 aliphatic carbocycles. The van der Waals surface area contributed by atoms with E-state index in [9.17, 15) is 0 Å². The molecule has 0 N–H and O–H groups in total. The summed E-state index contributed by atoms with van der Waals surface area (Å²) in [5.74, 6) is 0.932. The summed E-state index contributed by atoms with van der Waals surface area (Å²) in [5.41, 5.74) is 1.23. The Bertz CT molecular complexity index is 272. The molecule has 12 heavy (non-hydrogen) atoms. The lowest BCUT2D eigenvalue weighted by atomic mass is 10.2. The van der Waals surface area contributed by atoms with Gasteiger partial charge in [0.2, 0.25) is 6.61 Å². The van der Waals surface area contributed by atoms with Crippen LogP contribution in [0.15, 0.2) is 24.3 Å². The fraction of sp³-hybridized carbons (Fsp3) is 0.300. The first kappa shape index (κ1) is 7.62. The number of fused-ring (bicyclic) bond motifs is 1. The van der Waals surface area contributed by atoms with E-state index >= 15 is 0 Å². The molecule has 2 rings (SSSR count). The van der Waals surface area contributed by atoms with Crippen molar-refractivity contribution in [1.29, 1.82) is 0 Å². The lowest BCUT2D eigenvalue weighted by molar-refractivity contribution is 0.313. The maximum Gasteiger partial charge on any atom is 0.211 e. The lowest BCUT2D eigenvalue weighted by Crippen LogP contribution is -2.17. The molecule has 0 fully saturated rings. The first-order valence-electron chi connectivity index (χ1n) is 4.02. The highest BCUT2D eigenvalue weighted by atomic mass is 16.5. The highest BCUT2D eigenvalue weighted by Crippen LogP contribution is 2.22. The number of rotatable bonds is 0. The average Bonchev–Trinajstić information content (AvgIpc) is 2.25. The molecule has 1 aliphatic rings. The van der Waals surface area contributed by atoms with E-state index in [-0.39, 0.29) is 0 Å². The van der Waals surface area contributed by atoms with Crippen molar-refractivity contribution < 1.29 is 4.74 Å². The Morgan fingerprint density at radius 3 is 3.17 bits per heavy atom. The summed E-state index contributed by atoms with van der Waals surface area (Å²) in [4.78, 5) is 2.16. The summed E-state index contributed by atoms with van der Waals surface area (Å²) in [6.07, 6.45) is 0. The maximum absolute atomic E-state index is 5.33. The van der Waals surface area contributed by atoms with E-state index in [4.69, 9.17) is 4.74 Å². The Hall–Kier alpha value is -1.02. The molecule has 1 aromatic carbocycles. The molecular weight excluding hydrogens is 150 g/mol. The summed E-state index contributed by atoms with van der Waals surface area (Å²) >= 11 is 0. The third kappa shape index (κ3) is 1.43. The van der Waals surface area contributed by atoms with Crippen molar-refractivity contribution in [1.82, 2.24) is 4.90 Å². The van der Waals surface area contributed by atoms with Crippen molar-refractivity contribution in [3.8, 4) is 5.75 Å². The summed E-state index contributed by atoms with van der Waals surface area (Å²) in [5, 5.41) is 0. The van der Waals surface area contributed by atoms with Gasteiger partial charge in [0.1, 0.15) is 5.75 Å². The zero-order chi connectivity index (χ0) is 8.39. The lowest BCUT2D eigenvalue weighted by Gasteiger charge is -2.10. The largest absolute Gasteiger partial charge is 0.477 e. The molecule has 2 heteroatoms. The first-order valence-corrected chi connectivity index (χ1v) is 4.02. The summed E-state index contributed by atoms with van der Waals surface area (Å²) in [6.45, 7) is 4.57. The van der Waals surface area contributed by atoms with Gasteiger partial charge in [0.15, 0.2) is 0 Å². The number of hydrogen-bond donors (Lipinski definition) is 0. The second-order valence-corrected chi connectivity index (χ2v) is 3.03. The van der Waals surface area contributed by atoms with E-state index < -0.39 is 0 Å². The van der Waals surface area contributed by atoms with E-state index in [0.717, 1.165) is 18.8 Å². The van der Waals surface area contributed by atoms with E-state index in [1.54, 1.807) is 0 Å². The summed E-state index contributed by atoms with van der Waals surface area (Å²) in [7, 11) is 2.05. The molecule has 0 amide bonds. The van der Waals surface area contributed by atoms with Crippen LogP contribution in [0.2, 0.25) is 0 Å². The Kier molecular flexibility index (Phi) is 2.00. The predicted molar refractivity (Wildman–Crippen MR) is 46.6 cm³/mol. The van der Waals surface area contributed by atoms with Gasteiger partial charge in [-0.3, -0.25) is 4.90 Å². The number of hydrogen-bond acceptors (Lipinski definition) is 2. The van der Waals surface area contributed by atoms with Crippen LogP contribution in [0.25, 0.3) is 0 Å². The molecule has 1 heterocycles. The van der Waals surface area contributed by atoms with Crippen LogP contribution in [0.5, 0.6) is 5.75 Å². The number of para-hydroxylation sites is 1. The van der Waals surface area contributed by atoms with Gasteiger partial charge in [-0.2, -0.15) is 0 Å². The minimum absolute atomic E-state index is 0.759. The van der Waals surface area contributed by atoms with Crippen LogP contribution in [0.1, 0.15) is 5.56 Å². The van der Waals surface area contributed by atoms with Gasteiger partial charge in [0.25, 0.3) is 0 Å². The van der Waals surface area contributed by atoms with E-state index in [0.29, 0.717) is 0 Å². The van der Waals surface area contributed by atoms with Gasteiger partial charge in [0, 0.05) is 18.7 Å². The van der Waals surface area contributed by atoms with Gasteiger partial charge in [-0.25, -0.2) is 0 Å². The van der Waals surface area contributed by atoms with E-state index in [1.807, 2.05) is 18.2 Å². The first-order chi connectivity index (χ1) is 5.86. The Morgan fingerprint density at radius 1 is 1.42 bits per heavy atom. The molecule has 0 atom stereocenters. The fourth-order valence-corrected chi connectivity index (χ4v) is 1.30. The standard InChI is InChI=1S/C10H11NO/c1-11-6-7-12-10-5-3-2-4-9(10)8-11/h2-5H,6,8H2,1H3. The van der Waals surface area contributed by atoms with Gasteiger partial charge < -0.3 is 4.74 Å². The third-order valence-corrected chi connectivity index (χ3v) is 1.93. The van der Waals surface area contributed by atoms with Crippen LogP contribution in [0, 0.1) is 6.61 Å². The van der Waals surface area contributed by atoms with Crippen molar-refractivity contribution in [2.45, 2.75) is 6.54 Å².